The summed E-state index contributed by atoms with van der Waals surface area (Å²) in [6, 6.07) is 8.13. The Bertz CT molecular complexity index is 833. The molecule has 2 aromatic rings. The zero-order valence-corrected chi connectivity index (χ0v) is 16.7. The molecule has 8 nitrogen and oxygen atoms in total. The maximum Gasteiger partial charge on any atom is 0.308 e. The minimum atomic E-state index is -0.977. The first-order chi connectivity index (χ1) is 13.3. The van der Waals surface area contributed by atoms with Gasteiger partial charge < -0.3 is 15.4 Å². The molecule has 0 radical (unpaired) electrons. The number of amides is 2. The Kier molecular flexibility index (Phi) is 7.57. The van der Waals surface area contributed by atoms with Crippen LogP contribution in [0.1, 0.15) is 43.6 Å². The molecule has 0 fully saturated rings. The summed E-state index contributed by atoms with van der Waals surface area (Å²) in [7, 11) is 0. The van der Waals surface area contributed by atoms with Gasteiger partial charge in [0.1, 0.15) is 5.82 Å². The zero-order chi connectivity index (χ0) is 20.7. The van der Waals surface area contributed by atoms with E-state index in [1.807, 2.05) is 13.8 Å². The number of carbonyl (C=O) groups is 3. The van der Waals surface area contributed by atoms with Gasteiger partial charge >= 0.3 is 5.97 Å². The first kappa shape index (κ1) is 21.4. The molecule has 2 N–H and O–H groups in total. The molecular formula is C19H23ClN4O4. The van der Waals surface area contributed by atoms with Crippen molar-refractivity contribution in [1.29, 1.82) is 0 Å². The Hall–Kier alpha value is -2.87. The smallest absolute Gasteiger partial charge is 0.308 e. The van der Waals surface area contributed by atoms with Crippen LogP contribution in [-0.4, -0.2) is 40.2 Å². The van der Waals surface area contributed by atoms with Gasteiger partial charge in [0.2, 0.25) is 0 Å². The summed E-state index contributed by atoms with van der Waals surface area (Å²) in [5.41, 5.74) is 0.437. The number of nitrogens with zero attached hydrogens (tertiary/aromatic N) is 2. The third-order valence-electron chi connectivity index (χ3n) is 3.81. The third kappa shape index (κ3) is 6.09. The summed E-state index contributed by atoms with van der Waals surface area (Å²) < 4.78 is 6.77. The predicted octanol–water partition coefficient (Wildman–Crippen LogP) is 2.81. The molecule has 2 amide bonds. The highest BCUT2D eigenvalue weighted by atomic mass is 35.5. The summed E-state index contributed by atoms with van der Waals surface area (Å²) in [4.78, 5) is 36.1. The Labute approximate surface area is 168 Å². The van der Waals surface area contributed by atoms with E-state index < -0.39 is 18.0 Å². The minimum absolute atomic E-state index is 0.0547. The van der Waals surface area contributed by atoms with Crippen LogP contribution in [0.15, 0.2) is 36.5 Å². The van der Waals surface area contributed by atoms with Crippen LogP contribution in [0.5, 0.6) is 0 Å². The van der Waals surface area contributed by atoms with Crippen LogP contribution in [0, 0.1) is 0 Å². The normalized spacial score (nSPS) is 11.8. The lowest BCUT2D eigenvalue weighted by Gasteiger charge is -2.15. The highest BCUT2D eigenvalue weighted by Gasteiger charge is 2.19. The Morgan fingerprint density at radius 3 is 2.46 bits per heavy atom. The van der Waals surface area contributed by atoms with Crippen molar-refractivity contribution in [3.05, 3.63) is 47.1 Å². The summed E-state index contributed by atoms with van der Waals surface area (Å²) in [5, 5.41) is 9.95. The molecular weight excluding hydrogens is 384 g/mol. The molecule has 0 spiro atoms. The highest BCUT2D eigenvalue weighted by Crippen LogP contribution is 2.14. The maximum absolute atomic E-state index is 12.2. The van der Waals surface area contributed by atoms with Gasteiger partial charge in [0.25, 0.3) is 11.8 Å². The molecule has 1 aromatic heterocycles. The van der Waals surface area contributed by atoms with Crippen LogP contribution < -0.4 is 10.6 Å². The SMILES string of the molecule is CC(C)n1nccc1NC(=O)[C@@H](C)OC(=O)CCNC(=O)c1ccc(Cl)cc1. The second-order valence-electron chi connectivity index (χ2n) is 6.39. The number of esters is 1. The first-order valence-electron chi connectivity index (χ1n) is 8.85. The van der Waals surface area contributed by atoms with E-state index in [1.54, 1.807) is 41.2 Å². The molecule has 0 unspecified atom stereocenters. The van der Waals surface area contributed by atoms with Crippen molar-refractivity contribution in [3.63, 3.8) is 0 Å². The van der Waals surface area contributed by atoms with Gasteiger partial charge in [0.15, 0.2) is 6.10 Å². The third-order valence-corrected chi connectivity index (χ3v) is 4.06. The number of nitrogens with one attached hydrogen (secondary N) is 2. The standard InChI is InChI=1S/C19H23ClN4O4/c1-12(2)24-16(8-11-22-24)23-18(26)13(3)28-17(25)9-10-21-19(27)14-4-6-15(20)7-5-14/h4-8,11-13H,9-10H2,1-3H3,(H,21,27)(H,23,26)/t13-/m1/s1. The van der Waals surface area contributed by atoms with Gasteiger partial charge in [0.05, 0.1) is 12.6 Å². The lowest BCUT2D eigenvalue weighted by Crippen LogP contribution is -2.32. The molecule has 0 aliphatic heterocycles. The molecule has 0 bridgehead atoms. The molecule has 9 heteroatoms. The topological polar surface area (TPSA) is 102 Å². The fourth-order valence-corrected chi connectivity index (χ4v) is 2.47. The van der Waals surface area contributed by atoms with E-state index in [9.17, 15) is 14.4 Å². The lowest BCUT2D eigenvalue weighted by atomic mass is 10.2. The molecule has 0 aliphatic rings. The van der Waals surface area contributed by atoms with Crippen molar-refractivity contribution in [1.82, 2.24) is 15.1 Å². The number of rotatable bonds is 8. The quantitative estimate of drug-likeness (QED) is 0.656. The second kappa shape index (κ2) is 9.89. The minimum Gasteiger partial charge on any atom is -0.452 e. The fourth-order valence-electron chi connectivity index (χ4n) is 2.34. The molecule has 0 saturated carbocycles. The molecule has 1 heterocycles. The highest BCUT2D eigenvalue weighted by molar-refractivity contribution is 6.30. The van der Waals surface area contributed by atoms with Crippen LogP contribution in [0.2, 0.25) is 5.02 Å². The zero-order valence-electron chi connectivity index (χ0n) is 15.9. The van der Waals surface area contributed by atoms with Crippen molar-refractivity contribution in [2.24, 2.45) is 0 Å². The molecule has 1 aromatic carbocycles. The Balaban J connectivity index is 1.75. The summed E-state index contributed by atoms with van der Waals surface area (Å²) in [6.45, 7) is 5.44. The predicted molar refractivity (Wildman–Crippen MR) is 105 cm³/mol. The monoisotopic (exact) mass is 406 g/mol. The van der Waals surface area contributed by atoms with E-state index in [1.165, 1.54) is 6.92 Å². The Morgan fingerprint density at radius 1 is 1.14 bits per heavy atom. The van der Waals surface area contributed by atoms with Crippen LogP contribution >= 0.6 is 11.6 Å². The molecule has 150 valence electrons. The van der Waals surface area contributed by atoms with E-state index in [0.29, 0.717) is 16.4 Å². The second-order valence-corrected chi connectivity index (χ2v) is 6.83. The number of hydrogen-bond acceptors (Lipinski definition) is 5. The van der Waals surface area contributed by atoms with E-state index in [0.717, 1.165) is 0 Å². The number of halogens is 1. The van der Waals surface area contributed by atoms with Gasteiger partial charge in [-0.25, -0.2) is 4.68 Å². The lowest BCUT2D eigenvalue weighted by molar-refractivity contribution is -0.153. The fraction of sp³-hybridized carbons (Fsp3) is 0.368. The van der Waals surface area contributed by atoms with Crippen molar-refractivity contribution < 1.29 is 19.1 Å². The van der Waals surface area contributed by atoms with Gasteiger partial charge in [0, 0.05) is 29.2 Å². The van der Waals surface area contributed by atoms with Gasteiger partial charge in [-0.15, -0.1) is 0 Å². The number of benzene rings is 1. The largest absolute Gasteiger partial charge is 0.452 e. The van der Waals surface area contributed by atoms with Crippen molar-refractivity contribution in [2.75, 3.05) is 11.9 Å². The summed E-state index contributed by atoms with van der Waals surface area (Å²) in [5.74, 6) is -0.840. The number of carbonyl (C=O) groups excluding carboxylic acids is 3. The molecule has 0 aliphatic carbocycles. The van der Waals surface area contributed by atoms with Crippen molar-refractivity contribution in [2.45, 2.75) is 39.3 Å². The number of aromatic nitrogens is 2. The van der Waals surface area contributed by atoms with E-state index in [-0.39, 0.29) is 24.9 Å². The van der Waals surface area contributed by atoms with E-state index >= 15 is 0 Å². The van der Waals surface area contributed by atoms with Gasteiger partial charge in [-0.05, 0) is 45.0 Å². The summed E-state index contributed by atoms with van der Waals surface area (Å²) >= 11 is 5.77. The van der Waals surface area contributed by atoms with Crippen LogP contribution in [-0.2, 0) is 14.3 Å². The van der Waals surface area contributed by atoms with E-state index in [4.69, 9.17) is 16.3 Å². The molecule has 28 heavy (non-hydrogen) atoms. The molecule has 0 saturated heterocycles. The van der Waals surface area contributed by atoms with Gasteiger partial charge in [-0.1, -0.05) is 11.6 Å². The Morgan fingerprint density at radius 2 is 1.82 bits per heavy atom. The van der Waals surface area contributed by atoms with Crippen molar-refractivity contribution >= 4 is 35.2 Å². The van der Waals surface area contributed by atoms with Gasteiger partial charge in [-0.2, -0.15) is 5.10 Å². The molecule has 2 rings (SSSR count). The first-order valence-corrected chi connectivity index (χ1v) is 9.23. The molecule has 1 atom stereocenters. The number of anilines is 1. The van der Waals surface area contributed by atoms with Crippen LogP contribution in [0.25, 0.3) is 0 Å². The number of hydrogen-bond donors (Lipinski definition) is 2. The maximum atomic E-state index is 12.2. The van der Waals surface area contributed by atoms with Crippen LogP contribution in [0.3, 0.4) is 0 Å². The van der Waals surface area contributed by atoms with Crippen molar-refractivity contribution in [3.8, 4) is 0 Å². The summed E-state index contributed by atoms with van der Waals surface area (Å²) in [6.07, 6.45) is 0.547. The number of ether oxygens (including phenoxy) is 1. The van der Waals surface area contributed by atoms with Crippen LogP contribution in [0.4, 0.5) is 5.82 Å². The van der Waals surface area contributed by atoms with E-state index in [2.05, 4.69) is 15.7 Å². The van der Waals surface area contributed by atoms with Gasteiger partial charge in [-0.3, -0.25) is 14.4 Å². The average Bonchev–Trinajstić information content (AvgIpc) is 3.10. The average molecular weight is 407 g/mol.